The molecule has 0 aromatic heterocycles. The molecular formula is C30H50O11. The Labute approximate surface area is 242 Å². The van der Waals surface area contributed by atoms with Crippen LogP contribution in [0.25, 0.3) is 0 Å². The first kappa shape index (κ1) is 31.7. The normalized spacial score (nSPS) is 52.8. The maximum absolute atomic E-state index is 11.2. The van der Waals surface area contributed by atoms with Gasteiger partial charge in [-0.1, -0.05) is 33.3 Å². The van der Waals surface area contributed by atoms with Crippen molar-refractivity contribution < 1.29 is 54.7 Å². The predicted molar refractivity (Wildman–Crippen MR) is 145 cm³/mol. The minimum absolute atomic E-state index is 0.299. The van der Waals surface area contributed by atoms with E-state index in [2.05, 4.69) is 20.4 Å². The maximum atomic E-state index is 11.2. The second-order valence-corrected chi connectivity index (χ2v) is 13.5. The van der Waals surface area contributed by atoms with Gasteiger partial charge in [0.2, 0.25) is 0 Å². The van der Waals surface area contributed by atoms with Gasteiger partial charge in [-0.15, -0.1) is 0 Å². The fourth-order valence-electron chi connectivity index (χ4n) is 8.85. The SMILES string of the molecule is C=C1CC2CCC3[C@@H](C)CCC[C@@]3(C)[C@@H]2CCC1OC1OC(CO)C(O)C(OC2OC(CO)C(O)C(O)C2O)C1O. The van der Waals surface area contributed by atoms with Crippen molar-refractivity contribution >= 4 is 0 Å². The van der Waals surface area contributed by atoms with Crippen molar-refractivity contribution in [2.24, 2.45) is 29.1 Å². The van der Waals surface area contributed by atoms with Crippen LogP contribution in [-0.4, -0.2) is 116 Å². The van der Waals surface area contributed by atoms with Gasteiger partial charge in [0.15, 0.2) is 12.6 Å². The first-order chi connectivity index (χ1) is 19.5. The average Bonchev–Trinajstić information content (AvgIpc) is 3.11. The molecule has 2 heterocycles. The molecule has 5 aliphatic rings. The maximum Gasteiger partial charge on any atom is 0.187 e. The third kappa shape index (κ3) is 5.90. The van der Waals surface area contributed by atoms with Gasteiger partial charge in [0.1, 0.15) is 48.8 Å². The monoisotopic (exact) mass is 586 g/mol. The molecule has 0 radical (unpaired) electrons. The summed E-state index contributed by atoms with van der Waals surface area (Å²) in [6.45, 7) is 8.01. The van der Waals surface area contributed by atoms with Crippen LogP contribution in [0.3, 0.4) is 0 Å². The van der Waals surface area contributed by atoms with Gasteiger partial charge >= 0.3 is 0 Å². The highest BCUT2D eigenvalue weighted by Crippen LogP contribution is 2.60. The lowest BCUT2D eigenvalue weighted by Crippen LogP contribution is -2.65. The Morgan fingerprint density at radius 1 is 0.780 bits per heavy atom. The highest BCUT2D eigenvalue weighted by atomic mass is 16.7. The smallest absolute Gasteiger partial charge is 0.187 e. The van der Waals surface area contributed by atoms with Gasteiger partial charge < -0.3 is 54.7 Å². The largest absolute Gasteiger partial charge is 0.394 e. The van der Waals surface area contributed by atoms with Crippen LogP contribution in [-0.2, 0) is 18.9 Å². The van der Waals surface area contributed by atoms with Crippen LogP contribution >= 0.6 is 0 Å². The van der Waals surface area contributed by atoms with E-state index < -0.39 is 80.7 Å². The van der Waals surface area contributed by atoms with Crippen LogP contribution in [0.1, 0.15) is 65.2 Å². The number of rotatable bonds is 6. The molecule has 5 rings (SSSR count). The van der Waals surface area contributed by atoms with Crippen LogP contribution in [0.15, 0.2) is 12.2 Å². The van der Waals surface area contributed by atoms with Crippen molar-refractivity contribution in [1.29, 1.82) is 0 Å². The fraction of sp³-hybridized carbons (Fsp3) is 0.933. The van der Waals surface area contributed by atoms with Gasteiger partial charge in [-0.25, -0.2) is 0 Å². The van der Waals surface area contributed by atoms with Gasteiger partial charge in [0.05, 0.1) is 19.3 Å². The molecule has 0 aromatic rings. The summed E-state index contributed by atoms with van der Waals surface area (Å²) < 4.78 is 23.3. The highest BCUT2D eigenvalue weighted by Gasteiger charge is 2.54. The zero-order valence-corrected chi connectivity index (χ0v) is 24.2. The molecule has 11 heteroatoms. The fourth-order valence-corrected chi connectivity index (χ4v) is 8.85. The summed E-state index contributed by atoms with van der Waals surface area (Å²) in [6.07, 6.45) is -6.35. The van der Waals surface area contributed by atoms with E-state index in [1.54, 1.807) is 0 Å². The molecule has 5 fully saturated rings. The van der Waals surface area contributed by atoms with Gasteiger partial charge in [-0.05, 0) is 73.2 Å². The Morgan fingerprint density at radius 3 is 2.10 bits per heavy atom. The number of hydrogen-bond donors (Lipinski definition) is 7. The molecule has 0 aromatic carbocycles. The second-order valence-electron chi connectivity index (χ2n) is 13.5. The second kappa shape index (κ2) is 12.7. The molecule has 236 valence electrons. The van der Waals surface area contributed by atoms with Crippen LogP contribution in [0.5, 0.6) is 0 Å². The summed E-state index contributed by atoms with van der Waals surface area (Å²) in [5.41, 5.74) is 1.24. The first-order valence-corrected chi connectivity index (χ1v) is 15.4. The Hall–Kier alpha value is -0.700. The van der Waals surface area contributed by atoms with Crippen molar-refractivity contribution in [3.8, 4) is 0 Å². The highest BCUT2D eigenvalue weighted by molar-refractivity contribution is 5.11. The Balaban J connectivity index is 1.29. The van der Waals surface area contributed by atoms with Gasteiger partial charge in [0, 0.05) is 0 Å². The predicted octanol–water partition coefficient (Wildman–Crippen LogP) is 0.205. The molecule has 0 amide bonds. The number of ether oxygens (including phenoxy) is 4. The molecule has 2 aliphatic heterocycles. The molecule has 13 unspecified atom stereocenters. The minimum Gasteiger partial charge on any atom is -0.394 e. The van der Waals surface area contributed by atoms with Crippen molar-refractivity contribution in [3.05, 3.63) is 12.2 Å². The molecule has 41 heavy (non-hydrogen) atoms. The Bertz CT molecular complexity index is 902. The Morgan fingerprint density at radius 2 is 1.41 bits per heavy atom. The molecule has 3 aliphatic carbocycles. The van der Waals surface area contributed by atoms with Crippen LogP contribution in [0.2, 0.25) is 0 Å². The molecule has 11 nitrogen and oxygen atoms in total. The summed E-state index contributed by atoms with van der Waals surface area (Å²) in [7, 11) is 0. The minimum atomic E-state index is -1.72. The van der Waals surface area contributed by atoms with Crippen LogP contribution in [0.4, 0.5) is 0 Å². The van der Waals surface area contributed by atoms with Gasteiger partial charge in [-0.2, -0.15) is 0 Å². The van der Waals surface area contributed by atoms with E-state index in [1.807, 2.05) is 0 Å². The third-order valence-electron chi connectivity index (χ3n) is 11.2. The Kier molecular flexibility index (Phi) is 9.85. The van der Waals surface area contributed by atoms with E-state index in [9.17, 15) is 35.7 Å². The van der Waals surface area contributed by atoms with E-state index >= 15 is 0 Å². The topological polar surface area (TPSA) is 179 Å². The lowest BCUT2D eigenvalue weighted by atomic mass is 9.49. The number of aliphatic hydroxyl groups excluding tert-OH is 7. The van der Waals surface area contributed by atoms with Crippen LogP contribution < -0.4 is 0 Å². The van der Waals surface area contributed by atoms with Crippen molar-refractivity contribution in [3.63, 3.8) is 0 Å². The quantitative estimate of drug-likeness (QED) is 0.212. The van der Waals surface area contributed by atoms with Crippen molar-refractivity contribution in [2.75, 3.05) is 13.2 Å². The van der Waals surface area contributed by atoms with E-state index in [1.165, 1.54) is 32.1 Å². The molecule has 0 spiro atoms. The summed E-state index contributed by atoms with van der Waals surface area (Å²) >= 11 is 0. The zero-order chi connectivity index (χ0) is 29.6. The summed E-state index contributed by atoms with van der Waals surface area (Å²) in [6, 6.07) is 0. The average molecular weight is 587 g/mol. The molecular weight excluding hydrogens is 536 g/mol. The number of hydrogen-bond acceptors (Lipinski definition) is 11. The van der Waals surface area contributed by atoms with Crippen molar-refractivity contribution in [1.82, 2.24) is 0 Å². The van der Waals surface area contributed by atoms with Crippen LogP contribution in [0, 0.1) is 29.1 Å². The first-order valence-electron chi connectivity index (χ1n) is 15.4. The summed E-state index contributed by atoms with van der Waals surface area (Å²) in [4.78, 5) is 0. The van der Waals surface area contributed by atoms with E-state index in [-0.39, 0.29) is 0 Å². The van der Waals surface area contributed by atoms with E-state index in [0.29, 0.717) is 23.7 Å². The lowest BCUT2D eigenvalue weighted by molar-refractivity contribution is -0.362. The standard InChI is InChI=1S/C30H50O11/c1-14-5-4-10-30(3)17(14)7-6-16-11-15(2)19(9-8-18(16)30)38-29-26(37)27(23(34)21(13-32)40-29)41-28-25(36)24(35)22(33)20(12-31)39-28/h14,16-29,31-37H,2,4-13H2,1,3H3/t14-,16?,17?,18+,19?,20?,21?,22?,23?,24?,25?,26?,27?,28?,29?,30+/m0/s1. The van der Waals surface area contributed by atoms with Gasteiger partial charge in [0.25, 0.3) is 0 Å². The zero-order valence-electron chi connectivity index (χ0n) is 24.2. The summed E-state index contributed by atoms with van der Waals surface area (Å²) in [5, 5.41) is 72.2. The molecule has 3 saturated carbocycles. The molecule has 2 saturated heterocycles. The number of fused-ring (bicyclic) bond motifs is 3. The lowest BCUT2D eigenvalue weighted by Gasteiger charge is -2.56. The van der Waals surface area contributed by atoms with E-state index in [4.69, 9.17) is 18.9 Å². The number of aliphatic hydroxyl groups is 7. The molecule has 0 bridgehead atoms. The van der Waals surface area contributed by atoms with Gasteiger partial charge in [-0.3, -0.25) is 0 Å². The molecule has 7 N–H and O–H groups in total. The molecule has 16 atom stereocenters. The van der Waals surface area contributed by atoms with Crippen molar-refractivity contribution in [2.45, 2.75) is 133 Å². The van der Waals surface area contributed by atoms with E-state index in [0.717, 1.165) is 30.3 Å². The third-order valence-corrected chi connectivity index (χ3v) is 11.2. The summed E-state index contributed by atoms with van der Waals surface area (Å²) in [5.74, 6) is 2.58.